The minimum Gasteiger partial charge on any atom is -0.340 e. The summed E-state index contributed by atoms with van der Waals surface area (Å²) in [4.78, 5) is 28.6. The van der Waals surface area contributed by atoms with Gasteiger partial charge in [-0.15, -0.1) is 12.4 Å². The second-order valence-electron chi connectivity index (χ2n) is 6.43. The lowest BCUT2D eigenvalue weighted by atomic mass is 10.1. The zero-order valence-electron chi connectivity index (χ0n) is 13.6. The van der Waals surface area contributed by atoms with Crippen LogP contribution in [-0.2, 0) is 9.59 Å². The average Bonchev–Trinajstić information content (AvgIpc) is 3.08. The fourth-order valence-electron chi connectivity index (χ4n) is 3.27. The summed E-state index contributed by atoms with van der Waals surface area (Å²) in [6.07, 6.45) is 1.42. The van der Waals surface area contributed by atoms with Crippen molar-refractivity contribution in [1.82, 2.24) is 4.90 Å². The van der Waals surface area contributed by atoms with E-state index < -0.39 is 5.92 Å². The van der Waals surface area contributed by atoms with Crippen LogP contribution in [-0.4, -0.2) is 42.4 Å². The molecular weight excluding hydrogens is 314 g/mol. The van der Waals surface area contributed by atoms with Crippen molar-refractivity contribution in [3.8, 4) is 0 Å². The Morgan fingerprint density at radius 2 is 1.91 bits per heavy atom. The van der Waals surface area contributed by atoms with E-state index in [4.69, 9.17) is 5.73 Å². The first-order valence-corrected chi connectivity index (χ1v) is 7.90. The molecule has 126 valence electrons. The van der Waals surface area contributed by atoms with Crippen LogP contribution in [0.3, 0.4) is 0 Å². The molecule has 0 aromatic heterocycles. The van der Waals surface area contributed by atoms with Gasteiger partial charge in [-0.25, -0.2) is 0 Å². The molecule has 6 heteroatoms. The number of aryl methyl sites for hydroxylation is 2. The zero-order valence-corrected chi connectivity index (χ0v) is 14.4. The van der Waals surface area contributed by atoms with E-state index in [-0.39, 0.29) is 30.3 Å². The Morgan fingerprint density at radius 1 is 1.17 bits per heavy atom. The number of anilines is 1. The molecular formula is C17H24ClN3O2. The van der Waals surface area contributed by atoms with E-state index in [0.29, 0.717) is 26.1 Å². The van der Waals surface area contributed by atoms with Crippen LogP contribution in [0.15, 0.2) is 18.2 Å². The zero-order chi connectivity index (χ0) is 15.9. The van der Waals surface area contributed by atoms with Crippen molar-refractivity contribution in [3.05, 3.63) is 29.3 Å². The van der Waals surface area contributed by atoms with Gasteiger partial charge in [0.2, 0.25) is 11.8 Å². The molecule has 2 fully saturated rings. The average molecular weight is 338 g/mol. The number of benzene rings is 1. The minimum atomic E-state index is -0.535. The Labute approximate surface area is 143 Å². The van der Waals surface area contributed by atoms with Gasteiger partial charge in [-0.05, 0) is 49.9 Å². The fraction of sp³-hybridized carbons (Fsp3) is 0.529. The van der Waals surface area contributed by atoms with Gasteiger partial charge >= 0.3 is 0 Å². The standard InChI is InChI=1S/C17H23N3O2.ClH/c1-11-3-4-14(9-12(11)2)20-8-6-15(17(20)22)16(21)19-7-5-13(18)10-19;/h3-4,9,13,15H,5-8,10,18H2,1-2H3;1H. The third-order valence-electron chi connectivity index (χ3n) is 4.84. The molecule has 5 nitrogen and oxygen atoms in total. The summed E-state index contributed by atoms with van der Waals surface area (Å²) >= 11 is 0. The monoisotopic (exact) mass is 337 g/mol. The molecule has 2 N–H and O–H groups in total. The van der Waals surface area contributed by atoms with Crippen LogP contribution in [0.1, 0.15) is 24.0 Å². The first-order chi connectivity index (χ1) is 10.5. The molecule has 2 unspecified atom stereocenters. The summed E-state index contributed by atoms with van der Waals surface area (Å²) in [5.74, 6) is -0.662. The highest BCUT2D eigenvalue weighted by Crippen LogP contribution is 2.28. The summed E-state index contributed by atoms with van der Waals surface area (Å²) in [6, 6.07) is 6.05. The quantitative estimate of drug-likeness (QED) is 0.834. The normalized spacial score (nSPS) is 24.0. The maximum Gasteiger partial charge on any atom is 0.239 e. The van der Waals surface area contributed by atoms with E-state index in [1.54, 1.807) is 9.80 Å². The molecule has 0 saturated carbocycles. The molecule has 2 aliphatic rings. The van der Waals surface area contributed by atoms with Gasteiger partial charge in [0.25, 0.3) is 0 Å². The van der Waals surface area contributed by atoms with Crippen molar-refractivity contribution in [2.24, 2.45) is 11.7 Å². The van der Waals surface area contributed by atoms with Gasteiger partial charge in [-0.1, -0.05) is 6.07 Å². The van der Waals surface area contributed by atoms with Crippen LogP contribution in [0, 0.1) is 19.8 Å². The molecule has 1 aromatic carbocycles. The van der Waals surface area contributed by atoms with Gasteiger partial charge in [0.15, 0.2) is 0 Å². The maximum atomic E-state index is 12.6. The van der Waals surface area contributed by atoms with Crippen molar-refractivity contribution < 1.29 is 9.59 Å². The summed E-state index contributed by atoms with van der Waals surface area (Å²) in [5, 5.41) is 0. The van der Waals surface area contributed by atoms with Gasteiger partial charge < -0.3 is 15.5 Å². The second kappa shape index (κ2) is 6.89. The van der Waals surface area contributed by atoms with Crippen LogP contribution in [0.5, 0.6) is 0 Å². The van der Waals surface area contributed by atoms with Crippen molar-refractivity contribution in [1.29, 1.82) is 0 Å². The molecule has 2 heterocycles. The van der Waals surface area contributed by atoms with Crippen molar-refractivity contribution in [2.75, 3.05) is 24.5 Å². The van der Waals surface area contributed by atoms with Crippen LogP contribution in [0.4, 0.5) is 5.69 Å². The van der Waals surface area contributed by atoms with Crippen molar-refractivity contribution in [2.45, 2.75) is 32.7 Å². The molecule has 23 heavy (non-hydrogen) atoms. The molecule has 2 saturated heterocycles. The molecule has 3 rings (SSSR count). The van der Waals surface area contributed by atoms with Gasteiger partial charge in [-0.2, -0.15) is 0 Å². The molecule has 2 aliphatic heterocycles. The molecule has 0 radical (unpaired) electrons. The molecule has 2 amide bonds. The highest BCUT2D eigenvalue weighted by Gasteiger charge is 2.40. The van der Waals surface area contributed by atoms with Gasteiger partial charge in [-0.3, -0.25) is 9.59 Å². The molecule has 0 spiro atoms. The number of rotatable bonds is 2. The van der Waals surface area contributed by atoms with E-state index >= 15 is 0 Å². The number of nitrogens with zero attached hydrogens (tertiary/aromatic N) is 2. The number of likely N-dealkylation sites (tertiary alicyclic amines) is 1. The van der Waals surface area contributed by atoms with Crippen molar-refractivity contribution >= 4 is 29.9 Å². The lowest BCUT2D eigenvalue weighted by Crippen LogP contribution is -2.40. The topological polar surface area (TPSA) is 66.6 Å². The minimum absolute atomic E-state index is 0. The van der Waals surface area contributed by atoms with E-state index in [1.807, 2.05) is 32.0 Å². The van der Waals surface area contributed by atoms with E-state index in [1.165, 1.54) is 5.56 Å². The predicted octanol–water partition coefficient (Wildman–Crippen LogP) is 1.64. The number of hydrogen-bond acceptors (Lipinski definition) is 3. The number of carbonyl (C=O) groups is 2. The Bertz CT molecular complexity index is 620. The van der Waals surface area contributed by atoms with Gasteiger partial charge in [0, 0.05) is 31.4 Å². The number of carbonyl (C=O) groups excluding carboxylic acids is 2. The Balaban J connectivity index is 0.00000192. The first-order valence-electron chi connectivity index (χ1n) is 7.90. The fourth-order valence-corrected chi connectivity index (χ4v) is 3.27. The summed E-state index contributed by atoms with van der Waals surface area (Å²) in [6.45, 7) is 5.94. The Kier molecular flexibility index (Phi) is 5.32. The smallest absolute Gasteiger partial charge is 0.239 e. The highest BCUT2D eigenvalue weighted by atomic mass is 35.5. The van der Waals surface area contributed by atoms with Crippen LogP contribution in [0.25, 0.3) is 0 Å². The van der Waals surface area contributed by atoms with Crippen LogP contribution in [0.2, 0.25) is 0 Å². The number of halogens is 1. The van der Waals surface area contributed by atoms with E-state index in [2.05, 4.69) is 0 Å². The van der Waals surface area contributed by atoms with Crippen LogP contribution < -0.4 is 10.6 Å². The lowest BCUT2D eigenvalue weighted by Gasteiger charge is -2.21. The Hall–Kier alpha value is -1.59. The van der Waals surface area contributed by atoms with Crippen molar-refractivity contribution in [3.63, 3.8) is 0 Å². The third-order valence-corrected chi connectivity index (χ3v) is 4.84. The number of amides is 2. The first kappa shape index (κ1) is 17.8. The number of hydrogen-bond donors (Lipinski definition) is 1. The highest BCUT2D eigenvalue weighted by molar-refractivity contribution is 6.09. The maximum absolute atomic E-state index is 12.6. The second-order valence-corrected chi connectivity index (χ2v) is 6.43. The summed E-state index contributed by atoms with van der Waals surface area (Å²) < 4.78 is 0. The lowest BCUT2D eigenvalue weighted by molar-refractivity contribution is -0.139. The van der Waals surface area contributed by atoms with Gasteiger partial charge in [0.05, 0.1) is 0 Å². The predicted molar refractivity (Wildman–Crippen MR) is 92.8 cm³/mol. The molecule has 1 aromatic rings. The molecule has 2 atom stereocenters. The third kappa shape index (κ3) is 3.35. The number of nitrogens with two attached hydrogens (primary N) is 1. The Morgan fingerprint density at radius 3 is 2.52 bits per heavy atom. The molecule has 0 aliphatic carbocycles. The molecule has 0 bridgehead atoms. The van der Waals surface area contributed by atoms with E-state index in [0.717, 1.165) is 17.7 Å². The van der Waals surface area contributed by atoms with Crippen LogP contribution >= 0.6 is 12.4 Å². The van der Waals surface area contributed by atoms with E-state index in [9.17, 15) is 9.59 Å². The summed E-state index contributed by atoms with van der Waals surface area (Å²) in [5.41, 5.74) is 9.11. The van der Waals surface area contributed by atoms with Gasteiger partial charge in [0.1, 0.15) is 5.92 Å². The largest absolute Gasteiger partial charge is 0.340 e. The SMILES string of the molecule is Cc1ccc(N2CCC(C(=O)N3CCC(N)C3)C2=O)cc1C.Cl. The summed E-state index contributed by atoms with van der Waals surface area (Å²) in [7, 11) is 0.